The molecule has 0 spiro atoms. The van der Waals surface area contributed by atoms with E-state index < -0.39 is 0 Å². The van der Waals surface area contributed by atoms with E-state index in [1.165, 1.54) is 11.1 Å². The van der Waals surface area contributed by atoms with E-state index in [1.807, 2.05) is 25.1 Å². The van der Waals surface area contributed by atoms with Gasteiger partial charge in [0.25, 0.3) is 0 Å². The zero-order chi connectivity index (χ0) is 14.7. The fourth-order valence-electron chi connectivity index (χ4n) is 2.09. The first kappa shape index (κ1) is 14.3. The monoisotopic (exact) mass is 268 g/mol. The molecular formula is C18H20O2. The Morgan fingerprint density at radius 1 is 1.00 bits per heavy atom. The molecule has 0 bridgehead atoms. The van der Waals surface area contributed by atoms with E-state index in [-0.39, 0.29) is 5.78 Å². The Hall–Kier alpha value is -2.09. The second-order valence-corrected chi connectivity index (χ2v) is 5.26. The van der Waals surface area contributed by atoms with Gasteiger partial charge < -0.3 is 4.74 Å². The van der Waals surface area contributed by atoms with E-state index >= 15 is 0 Å². The second-order valence-electron chi connectivity index (χ2n) is 5.26. The summed E-state index contributed by atoms with van der Waals surface area (Å²) in [6.07, 6.45) is 0. The summed E-state index contributed by atoms with van der Waals surface area (Å²) < 4.78 is 5.84. The maximum absolute atomic E-state index is 11.6. The first-order valence-electron chi connectivity index (χ1n) is 6.78. The fraction of sp³-hybridized carbons (Fsp3) is 0.278. The number of rotatable bonds is 4. The number of Topliss-reactive ketones (excluding diaryl/α,β-unsaturated/α-hetero) is 1. The van der Waals surface area contributed by atoms with Gasteiger partial charge in [-0.1, -0.05) is 24.3 Å². The highest BCUT2D eigenvalue weighted by atomic mass is 16.5. The largest absolute Gasteiger partial charge is 0.488 e. The lowest BCUT2D eigenvalue weighted by molar-refractivity contribution is 0.101. The van der Waals surface area contributed by atoms with E-state index in [4.69, 9.17) is 4.74 Å². The Balaban J connectivity index is 2.20. The molecular weight excluding hydrogens is 248 g/mol. The maximum atomic E-state index is 11.6. The van der Waals surface area contributed by atoms with Gasteiger partial charge in [0.05, 0.1) is 5.56 Å². The van der Waals surface area contributed by atoms with Crippen molar-refractivity contribution in [3.8, 4) is 5.75 Å². The summed E-state index contributed by atoms with van der Waals surface area (Å²) in [7, 11) is 0. The van der Waals surface area contributed by atoms with Crippen LogP contribution in [0.4, 0.5) is 0 Å². The Morgan fingerprint density at radius 2 is 1.75 bits per heavy atom. The third-order valence-electron chi connectivity index (χ3n) is 3.48. The summed E-state index contributed by atoms with van der Waals surface area (Å²) in [6, 6.07) is 11.9. The quantitative estimate of drug-likeness (QED) is 0.768. The molecule has 20 heavy (non-hydrogen) atoms. The molecule has 0 aromatic heterocycles. The predicted molar refractivity (Wildman–Crippen MR) is 81.4 cm³/mol. The van der Waals surface area contributed by atoms with E-state index in [9.17, 15) is 4.79 Å². The van der Waals surface area contributed by atoms with Crippen LogP contribution in [0.3, 0.4) is 0 Å². The van der Waals surface area contributed by atoms with Crippen LogP contribution in [0.1, 0.15) is 39.5 Å². The predicted octanol–water partition coefficient (Wildman–Crippen LogP) is 4.39. The molecule has 2 aromatic carbocycles. The van der Waals surface area contributed by atoms with Gasteiger partial charge in [0, 0.05) is 0 Å². The van der Waals surface area contributed by atoms with Gasteiger partial charge in [0.2, 0.25) is 0 Å². The molecule has 0 fully saturated rings. The molecule has 0 amide bonds. The molecule has 0 unspecified atom stereocenters. The van der Waals surface area contributed by atoms with Crippen molar-refractivity contribution in [1.29, 1.82) is 0 Å². The van der Waals surface area contributed by atoms with E-state index in [1.54, 1.807) is 6.92 Å². The minimum Gasteiger partial charge on any atom is -0.488 e. The first-order valence-corrected chi connectivity index (χ1v) is 6.78. The molecule has 2 nitrogen and oxygen atoms in total. The lowest BCUT2D eigenvalue weighted by Gasteiger charge is -2.11. The van der Waals surface area contributed by atoms with Crippen molar-refractivity contribution in [2.45, 2.75) is 34.3 Å². The molecule has 0 aliphatic carbocycles. The molecule has 2 aromatic rings. The number of hydrogen-bond acceptors (Lipinski definition) is 2. The fourth-order valence-corrected chi connectivity index (χ4v) is 2.09. The van der Waals surface area contributed by atoms with Crippen molar-refractivity contribution in [2.24, 2.45) is 0 Å². The zero-order valence-electron chi connectivity index (χ0n) is 12.5. The molecule has 0 saturated heterocycles. The molecule has 2 heteroatoms. The number of ether oxygens (including phenoxy) is 1. The number of benzene rings is 2. The average Bonchev–Trinajstić information content (AvgIpc) is 2.40. The third kappa shape index (κ3) is 3.27. The number of ketones is 1. The second kappa shape index (κ2) is 5.91. The van der Waals surface area contributed by atoms with Gasteiger partial charge >= 0.3 is 0 Å². The highest BCUT2D eigenvalue weighted by Crippen LogP contribution is 2.22. The Labute approximate surface area is 120 Å². The van der Waals surface area contributed by atoms with Crippen LogP contribution >= 0.6 is 0 Å². The first-order chi connectivity index (χ1) is 9.47. The maximum Gasteiger partial charge on any atom is 0.163 e. The van der Waals surface area contributed by atoms with E-state index in [0.29, 0.717) is 17.9 Å². The smallest absolute Gasteiger partial charge is 0.163 e. The van der Waals surface area contributed by atoms with Crippen LogP contribution < -0.4 is 4.74 Å². The number of carbonyl (C=O) groups is 1. The van der Waals surface area contributed by atoms with Crippen LogP contribution in [0.15, 0.2) is 36.4 Å². The molecule has 104 valence electrons. The lowest BCUT2D eigenvalue weighted by Crippen LogP contribution is -2.02. The molecule has 0 aliphatic heterocycles. The van der Waals surface area contributed by atoms with Crippen LogP contribution in [-0.4, -0.2) is 5.78 Å². The molecule has 0 N–H and O–H groups in total. The minimum atomic E-state index is 0.0279. The normalized spacial score (nSPS) is 10.4. The van der Waals surface area contributed by atoms with Gasteiger partial charge in [-0.05, 0) is 62.1 Å². The number of aryl methyl sites for hydroxylation is 3. The van der Waals surface area contributed by atoms with Crippen LogP contribution in [-0.2, 0) is 6.61 Å². The summed E-state index contributed by atoms with van der Waals surface area (Å²) in [6.45, 7) is 8.21. The van der Waals surface area contributed by atoms with Crippen molar-refractivity contribution in [3.63, 3.8) is 0 Å². The topological polar surface area (TPSA) is 26.3 Å². The Morgan fingerprint density at radius 3 is 2.40 bits per heavy atom. The summed E-state index contributed by atoms with van der Waals surface area (Å²) in [5.41, 5.74) is 5.37. The van der Waals surface area contributed by atoms with Gasteiger partial charge in [-0.2, -0.15) is 0 Å². The van der Waals surface area contributed by atoms with Gasteiger partial charge in [0.1, 0.15) is 12.4 Å². The van der Waals surface area contributed by atoms with Gasteiger partial charge in [-0.25, -0.2) is 0 Å². The van der Waals surface area contributed by atoms with Crippen molar-refractivity contribution in [3.05, 3.63) is 64.2 Å². The van der Waals surface area contributed by atoms with Gasteiger partial charge in [-0.15, -0.1) is 0 Å². The molecule has 0 saturated carbocycles. The summed E-state index contributed by atoms with van der Waals surface area (Å²) in [5.74, 6) is 0.691. The molecule has 2 rings (SSSR count). The van der Waals surface area contributed by atoms with Gasteiger partial charge in [0.15, 0.2) is 5.78 Å². The lowest BCUT2D eigenvalue weighted by atomic mass is 10.1. The van der Waals surface area contributed by atoms with Gasteiger partial charge in [-0.3, -0.25) is 4.79 Å². The standard InChI is InChI=1S/C18H20O2/c1-12-5-8-17(15(4)19)18(9-12)20-11-16-7-6-13(2)14(3)10-16/h5-10H,11H2,1-4H3. The highest BCUT2D eigenvalue weighted by Gasteiger charge is 2.09. The Kier molecular flexibility index (Phi) is 4.23. The third-order valence-corrected chi connectivity index (χ3v) is 3.48. The number of hydrogen-bond donors (Lipinski definition) is 0. The van der Waals surface area contributed by atoms with Crippen LogP contribution in [0.5, 0.6) is 5.75 Å². The number of carbonyl (C=O) groups excluding carboxylic acids is 1. The van der Waals surface area contributed by atoms with Crippen molar-refractivity contribution < 1.29 is 9.53 Å². The van der Waals surface area contributed by atoms with Crippen LogP contribution in [0, 0.1) is 20.8 Å². The van der Waals surface area contributed by atoms with Crippen LogP contribution in [0.25, 0.3) is 0 Å². The van der Waals surface area contributed by atoms with Crippen molar-refractivity contribution in [2.75, 3.05) is 0 Å². The van der Waals surface area contributed by atoms with E-state index in [0.717, 1.165) is 11.1 Å². The molecule has 0 heterocycles. The summed E-state index contributed by atoms with van der Waals surface area (Å²) in [4.78, 5) is 11.6. The summed E-state index contributed by atoms with van der Waals surface area (Å²) >= 11 is 0. The minimum absolute atomic E-state index is 0.0279. The highest BCUT2D eigenvalue weighted by molar-refractivity contribution is 5.96. The molecule has 0 atom stereocenters. The summed E-state index contributed by atoms with van der Waals surface area (Å²) in [5, 5.41) is 0. The Bertz CT molecular complexity index is 642. The zero-order valence-corrected chi connectivity index (χ0v) is 12.5. The average molecular weight is 268 g/mol. The van der Waals surface area contributed by atoms with Crippen LogP contribution in [0.2, 0.25) is 0 Å². The SMILES string of the molecule is CC(=O)c1ccc(C)cc1OCc1ccc(C)c(C)c1. The van der Waals surface area contributed by atoms with Crippen molar-refractivity contribution in [1.82, 2.24) is 0 Å². The molecule has 0 aliphatic rings. The van der Waals surface area contributed by atoms with Crippen molar-refractivity contribution >= 4 is 5.78 Å². The molecule has 0 radical (unpaired) electrons. The van der Waals surface area contributed by atoms with E-state index in [2.05, 4.69) is 32.0 Å².